The van der Waals surface area contributed by atoms with E-state index in [1.54, 1.807) is 19.4 Å². The summed E-state index contributed by atoms with van der Waals surface area (Å²) in [7, 11) is 1.56. The summed E-state index contributed by atoms with van der Waals surface area (Å²) in [6, 6.07) is 6.90. The molecule has 0 spiro atoms. The molecular weight excluding hydrogens is 355 g/mol. The Morgan fingerprint density at radius 2 is 2.04 bits per heavy atom. The summed E-state index contributed by atoms with van der Waals surface area (Å²) in [6.45, 7) is 0.308. The van der Waals surface area contributed by atoms with E-state index >= 15 is 0 Å². The smallest absolute Gasteiger partial charge is 0.256 e. The fourth-order valence-electron chi connectivity index (χ4n) is 3.26. The molecule has 1 fully saturated rings. The number of nitrogens with one attached hydrogen (secondary N) is 1. The largest absolute Gasteiger partial charge is 0.488 e. The first-order valence-corrected chi connectivity index (χ1v) is 9.41. The minimum Gasteiger partial charge on any atom is -0.488 e. The average Bonchev–Trinajstić information content (AvgIpc) is 2.66. The van der Waals surface area contributed by atoms with Gasteiger partial charge < -0.3 is 14.8 Å². The van der Waals surface area contributed by atoms with Crippen LogP contribution in [0.2, 0.25) is 5.02 Å². The standard InChI is InChI=1S/C20H24ClFN2O2/c1-25-20-19(26-10-9-14-11-15(21)7-8-18(14)22)12-17(13-23-20)24-16-5-3-2-4-6-16/h7-8,11-13,16,24H,2-6,9-10H2,1H3. The lowest BCUT2D eigenvalue weighted by Crippen LogP contribution is -2.22. The van der Waals surface area contributed by atoms with Crippen molar-refractivity contribution in [2.24, 2.45) is 0 Å². The van der Waals surface area contributed by atoms with Crippen LogP contribution in [0.15, 0.2) is 30.5 Å². The number of aromatic nitrogens is 1. The Kier molecular flexibility index (Phi) is 6.56. The van der Waals surface area contributed by atoms with Gasteiger partial charge in [0.15, 0.2) is 5.75 Å². The fourth-order valence-corrected chi connectivity index (χ4v) is 3.45. The number of nitrogens with zero attached hydrogens (tertiary/aromatic N) is 1. The van der Waals surface area contributed by atoms with E-state index in [1.807, 2.05) is 6.07 Å². The molecule has 3 rings (SSSR count). The second-order valence-corrected chi connectivity index (χ2v) is 6.98. The van der Waals surface area contributed by atoms with Crippen LogP contribution in [-0.2, 0) is 6.42 Å². The average molecular weight is 379 g/mol. The summed E-state index contributed by atoms with van der Waals surface area (Å²) in [5.41, 5.74) is 1.45. The normalized spacial score (nSPS) is 14.9. The maximum absolute atomic E-state index is 13.8. The number of benzene rings is 1. The van der Waals surface area contributed by atoms with Gasteiger partial charge in [0.2, 0.25) is 0 Å². The molecule has 6 heteroatoms. The first-order valence-electron chi connectivity index (χ1n) is 9.03. The van der Waals surface area contributed by atoms with Gasteiger partial charge >= 0.3 is 0 Å². The van der Waals surface area contributed by atoms with E-state index < -0.39 is 0 Å². The molecule has 2 aromatic rings. The Bertz CT molecular complexity index is 736. The molecule has 140 valence electrons. The Morgan fingerprint density at radius 1 is 1.23 bits per heavy atom. The zero-order chi connectivity index (χ0) is 18.4. The van der Waals surface area contributed by atoms with Crippen LogP contribution in [0.3, 0.4) is 0 Å². The summed E-state index contributed by atoms with van der Waals surface area (Å²) in [6.07, 6.45) is 8.36. The van der Waals surface area contributed by atoms with E-state index in [2.05, 4.69) is 10.3 Å². The molecule has 1 heterocycles. The second kappa shape index (κ2) is 9.08. The van der Waals surface area contributed by atoms with E-state index in [0.29, 0.717) is 41.3 Å². The first kappa shape index (κ1) is 18.8. The molecule has 1 aromatic heterocycles. The van der Waals surface area contributed by atoms with E-state index in [1.165, 1.54) is 44.2 Å². The van der Waals surface area contributed by atoms with E-state index in [4.69, 9.17) is 21.1 Å². The van der Waals surface area contributed by atoms with Gasteiger partial charge in [-0.3, -0.25) is 0 Å². The van der Waals surface area contributed by atoms with Crippen LogP contribution in [0.5, 0.6) is 11.6 Å². The molecule has 0 radical (unpaired) electrons. The van der Waals surface area contributed by atoms with E-state index in [9.17, 15) is 4.39 Å². The SMILES string of the molecule is COc1ncc(NC2CCCCC2)cc1OCCc1cc(Cl)ccc1F. The van der Waals surface area contributed by atoms with Gasteiger partial charge in [0.05, 0.1) is 25.6 Å². The van der Waals surface area contributed by atoms with Crippen molar-refractivity contribution in [3.63, 3.8) is 0 Å². The maximum Gasteiger partial charge on any atom is 0.256 e. The molecule has 1 N–H and O–H groups in total. The number of hydrogen-bond acceptors (Lipinski definition) is 4. The molecule has 0 atom stereocenters. The van der Waals surface area contributed by atoms with Crippen molar-refractivity contribution in [1.82, 2.24) is 4.98 Å². The van der Waals surface area contributed by atoms with Crippen molar-refractivity contribution in [2.45, 2.75) is 44.6 Å². The summed E-state index contributed by atoms with van der Waals surface area (Å²) in [5.74, 6) is 0.692. The Morgan fingerprint density at radius 3 is 2.81 bits per heavy atom. The Labute approximate surface area is 158 Å². The predicted molar refractivity (Wildman–Crippen MR) is 102 cm³/mol. The molecule has 0 saturated heterocycles. The van der Waals surface area contributed by atoms with Crippen molar-refractivity contribution in [3.05, 3.63) is 46.9 Å². The number of methoxy groups -OCH3 is 1. The molecule has 1 aromatic carbocycles. The van der Waals surface area contributed by atoms with Crippen LogP contribution in [-0.4, -0.2) is 24.7 Å². The highest BCUT2D eigenvalue weighted by atomic mass is 35.5. The van der Waals surface area contributed by atoms with Gasteiger partial charge in [-0.05, 0) is 36.6 Å². The second-order valence-electron chi connectivity index (χ2n) is 6.54. The predicted octanol–water partition coefficient (Wildman–Crippen LogP) is 5.25. The highest BCUT2D eigenvalue weighted by Gasteiger charge is 2.15. The van der Waals surface area contributed by atoms with Crippen LogP contribution < -0.4 is 14.8 Å². The molecule has 0 amide bonds. The quantitative estimate of drug-likeness (QED) is 0.714. The number of rotatable bonds is 7. The van der Waals surface area contributed by atoms with Crippen molar-refractivity contribution in [1.29, 1.82) is 0 Å². The number of hydrogen-bond donors (Lipinski definition) is 1. The van der Waals surface area contributed by atoms with Crippen LogP contribution >= 0.6 is 11.6 Å². The molecule has 1 saturated carbocycles. The highest BCUT2D eigenvalue weighted by molar-refractivity contribution is 6.30. The molecule has 0 bridgehead atoms. The van der Waals surface area contributed by atoms with Crippen molar-refractivity contribution in [2.75, 3.05) is 19.0 Å². The lowest BCUT2D eigenvalue weighted by atomic mass is 9.95. The molecule has 0 unspecified atom stereocenters. The summed E-state index contributed by atoms with van der Waals surface area (Å²) in [4.78, 5) is 4.32. The molecule has 26 heavy (non-hydrogen) atoms. The van der Waals surface area contributed by atoms with Gasteiger partial charge in [-0.1, -0.05) is 30.9 Å². The van der Waals surface area contributed by atoms with Crippen molar-refractivity contribution < 1.29 is 13.9 Å². The third-order valence-corrected chi connectivity index (χ3v) is 4.86. The number of halogens is 2. The van der Waals surface area contributed by atoms with Gasteiger partial charge in [-0.2, -0.15) is 0 Å². The molecule has 1 aliphatic rings. The number of ether oxygens (including phenoxy) is 2. The fraction of sp³-hybridized carbons (Fsp3) is 0.450. The van der Waals surface area contributed by atoms with Gasteiger partial charge in [0.25, 0.3) is 5.88 Å². The Balaban J connectivity index is 1.63. The minimum absolute atomic E-state index is 0.282. The molecular formula is C20H24ClFN2O2. The molecule has 1 aliphatic carbocycles. The monoisotopic (exact) mass is 378 g/mol. The van der Waals surface area contributed by atoms with Gasteiger partial charge in [0, 0.05) is 23.6 Å². The third kappa shape index (κ3) is 5.01. The van der Waals surface area contributed by atoms with Crippen LogP contribution in [0, 0.1) is 5.82 Å². The third-order valence-electron chi connectivity index (χ3n) is 4.62. The Hall–Kier alpha value is -2.01. The van der Waals surface area contributed by atoms with Gasteiger partial charge in [-0.15, -0.1) is 0 Å². The van der Waals surface area contributed by atoms with Crippen molar-refractivity contribution >= 4 is 17.3 Å². The number of pyridine rings is 1. The topological polar surface area (TPSA) is 43.4 Å². The first-order chi connectivity index (χ1) is 12.7. The lowest BCUT2D eigenvalue weighted by Gasteiger charge is -2.24. The van der Waals surface area contributed by atoms with Crippen LogP contribution in [0.4, 0.5) is 10.1 Å². The number of anilines is 1. The van der Waals surface area contributed by atoms with Gasteiger partial charge in [-0.25, -0.2) is 9.37 Å². The summed E-state index contributed by atoms with van der Waals surface area (Å²) < 4.78 is 24.9. The summed E-state index contributed by atoms with van der Waals surface area (Å²) >= 11 is 5.93. The maximum atomic E-state index is 13.8. The minimum atomic E-state index is -0.282. The van der Waals surface area contributed by atoms with Gasteiger partial charge in [0.1, 0.15) is 5.82 Å². The zero-order valence-electron chi connectivity index (χ0n) is 14.9. The zero-order valence-corrected chi connectivity index (χ0v) is 15.7. The lowest BCUT2D eigenvalue weighted by molar-refractivity contribution is 0.290. The molecule has 4 nitrogen and oxygen atoms in total. The van der Waals surface area contributed by atoms with Crippen molar-refractivity contribution in [3.8, 4) is 11.6 Å². The van der Waals surface area contributed by atoms with E-state index in [0.717, 1.165) is 5.69 Å². The van der Waals surface area contributed by atoms with Crippen LogP contribution in [0.1, 0.15) is 37.7 Å². The molecule has 0 aliphatic heterocycles. The highest BCUT2D eigenvalue weighted by Crippen LogP contribution is 2.29. The van der Waals surface area contributed by atoms with Crippen LogP contribution in [0.25, 0.3) is 0 Å². The summed E-state index contributed by atoms with van der Waals surface area (Å²) in [5, 5.41) is 4.04. The van der Waals surface area contributed by atoms with E-state index in [-0.39, 0.29) is 5.82 Å².